The topological polar surface area (TPSA) is 42.4 Å². The number of aryl methyl sites for hydroxylation is 1. The molecule has 1 aromatic heterocycles. The van der Waals surface area contributed by atoms with Crippen molar-refractivity contribution >= 4 is 0 Å². The van der Waals surface area contributed by atoms with Crippen LogP contribution in [0, 0.1) is 0 Å². The van der Waals surface area contributed by atoms with Crippen LogP contribution >= 0.6 is 0 Å². The normalized spacial score (nSPS) is 19.0. The van der Waals surface area contributed by atoms with Gasteiger partial charge in [-0.1, -0.05) is 30.3 Å². The molecule has 3 heteroatoms. The number of benzene rings is 1. The maximum absolute atomic E-state index is 10.3. The van der Waals surface area contributed by atoms with Crippen molar-refractivity contribution in [2.75, 3.05) is 6.61 Å². The molecule has 0 spiro atoms. The smallest absolute Gasteiger partial charge is 0.0852 e. The van der Waals surface area contributed by atoms with Gasteiger partial charge in [-0.3, -0.25) is 4.98 Å². The van der Waals surface area contributed by atoms with Crippen LogP contribution in [-0.2, 0) is 17.6 Å². The molecule has 1 aliphatic rings. The molecule has 2 heterocycles. The summed E-state index contributed by atoms with van der Waals surface area (Å²) in [4.78, 5) is 4.10. The predicted octanol–water partition coefficient (Wildman–Crippen LogP) is 3.08. The highest BCUT2D eigenvalue weighted by Crippen LogP contribution is 2.31. The van der Waals surface area contributed by atoms with E-state index in [-0.39, 0.29) is 12.2 Å². The molecule has 1 aromatic carbocycles. The van der Waals surface area contributed by atoms with Crippen molar-refractivity contribution in [1.29, 1.82) is 0 Å². The van der Waals surface area contributed by atoms with Crippen molar-refractivity contribution in [3.63, 3.8) is 0 Å². The van der Waals surface area contributed by atoms with E-state index < -0.39 is 0 Å². The monoisotopic (exact) mass is 283 g/mol. The van der Waals surface area contributed by atoms with E-state index in [9.17, 15) is 5.11 Å². The standard InChI is InChI=1S/C18H21NO2/c20-16(8-7-14-4-3-10-19-13-14)12-18-17-6-2-1-5-15(17)9-11-21-18/h1-6,10,13,16,18,20H,7-9,11-12H2. The van der Waals surface area contributed by atoms with E-state index in [0.717, 1.165) is 25.9 Å². The first-order valence-corrected chi connectivity index (χ1v) is 7.59. The number of fused-ring (bicyclic) bond motifs is 1. The quantitative estimate of drug-likeness (QED) is 0.917. The van der Waals surface area contributed by atoms with Crippen molar-refractivity contribution in [3.8, 4) is 0 Å². The minimum atomic E-state index is -0.346. The van der Waals surface area contributed by atoms with Gasteiger partial charge < -0.3 is 9.84 Å². The lowest BCUT2D eigenvalue weighted by atomic mass is 9.93. The van der Waals surface area contributed by atoms with Crippen LogP contribution in [0.3, 0.4) is 0 Å². The third-order valence-electron chi connectivity index (χ3n) is 4.07. The van der Waals surface area contributed by atoms with Crippen LogP contribution in [0.5, 0.6) is 0 Å². The van der Waals surface area contributed by atoms with E-state index in [2.05, 4.69) is 23.2 Å². The van der Waals surface area contributed by atoms with Gasteiger partial charge in [0.15, 0.2) is 0 Å². The van der Waals surface area contributed by atoms with Gasteiger partial charge in [0, 0.05) is 18.8 Å². The summed E-state index contributed by atoms with van der Waals surface area (Å²) in [6.45, 7) is 0.747. The number of nitrogens with zero attached hydrogens (tertiary/aromatic N) is 1. The summed E-state index contributed by atoms with van der Waals surface area (Å²) < 4.78 is 5.85. The SMILES string of the molecule is OC(CCc1cccnc1)CC1OCCc2ccccc21. The zero-order valence-corrected chi connectivity index (χ0v) is 12.1. The van der Waals surface area contributed by atoms with Gasteiger partial charge in [0.1, 0.15) is 0 Å². The molecule has 0 radical (unpaired) electrons. The second-order valence-corrected chi connectivity index (χ2v) is 5.60. The number of rotatable bonds is 5. The Bertz CT molecular complexity index is 570. The lowest BCUT2D eigenvalue weighted by molar-refractivity contribution is 0.00263. The fourth-order valence-corrected chi connectivity index (χ4v) is 2.92. The van der Waals surface area contributed by atoms with Crippen LogP contribution in [0.2, 0.25) is 0 Å². The summed E-state index contributed by atoms with van der Waals surface area (Å²) in [6.07, 6.45) is 6.54. The molecule has 21 heavy (non-hydrogen) atoms. The first-order chi connectivity index (χ1) is 10.3. The Morgan fingerprint density at radius 3 is 3.00 bits per heavy atom. The maximum atomic E-state index is 10.3. The third kappa shape index (κ3) is 3.69. The Kier molecular flexibility index (Phi) is 4.63. The first kappa shape index (κ1) is 14.2. The molecule has 0 aliphatic carbocycles. The van der Waals surface area contributed by atoms with E-state index in [0.29, 0.717) is 6.42 Å². The molecule has 0 amide bonds. The highest BCUT2D eigenvalue weighted by Gasteiger charge is 2.23. The van der Waals surface area contributed by atoms with E-state index in [1.807, 2.05) is 24.4 Å². The summed E-state index contributed by atoms with van der Waals surface area (Å²) in [5, 5.41) is 10.3. The Morgan fingerprint density at radius 1 is 1.24 bits per heavy atom. The van der Waals surface area contributed by atoms with Crippen molar-refractivity contribution in [2.24, 2.45) is 0 Å². The Balaban J connectivity index is 1.57. The number of ether oxygens (including phenoxy) is 1. The minimum Gasteiger partial charge on any atom is -0.393 e. The van der Waals surface area contributed by atoms with Crippen LogP contribution in [0.15, 0.2) is 48.8 Å². The minimum absolute atomic E-state index is 0.0267. The molecule has 0 saturated heterocycles. The van der Waals surface area contributed by atoms with E-state index in [4.69, 9.17) is 4.74 Å². The van der Waals surface area contributed by atoms with Gasteiger partial charge >= 0.3 is 0 Å². The van der Waals surface area contributed by atoms with Crippen LogP contribution < -0.4 is 0 Å². The molecule has 2 unspecified atom stereocenters. The van der Waals surface area contributed by atoms with Gasteiger partial charge in [-0.15, -0.1) is 0 Å². The van der Waals surface area contributed by atoms with Gasteiger partial charge in [-0.25, -0.2) is 0 Å². The number of pyridine rings is 1. The van der Waals surface area contributed by atoms with E-state index >= 15 is 0 Å². The van der Waals surface area contributed by atoms with Gasteiger partial charge in [-0.2, -0.15) is 0 Å². The molecular formula is C18H21NO2. The number of aromatic nitrogens is 1. The molecular weight excluding hydrogens is 262 g/mol. The second kappa shape index (κ2) is 6.83. The average molecular weight is 283 g/mol. The molecule has 0 saturated carbocycles. The largest absolute Gasteiger partial charge is 0.393 e. The first-order valence-electron chi connectivity index (χ1n) is 7.59. The number of hydrogen-bond donors (Lipinski definition) is 1. The Morgan fingerprint density at radius 2 is 2.14 bits per heavy atom. The summed E-state index contributed by atoms with van der Waals surface area (Å²) >= 11 is 0. The van der Waals surface area contributed by atoms with Crippen LogP contribution in [0.4, 0.5) is 0 Å². The molecule has 0 fully saturated rings. The number of aliphatic hydroxyl groups excluding tert-OH is 1. The Labute approximate surface area is 125 Å². The molecule has 0 bridgehead atoms. The summed E-state index contributed by atoms with van der Waals surface area (Å²) in [5.74, 6) is 0. The van der Waals surface area contributed by atoms with Crippen molar-refractivity contribution in [2.45, 2.75) is 37.9 Å². The van der Waals surface area contributed by atoms with E-state index in [1.165, 1.54) is 16.7 Å². The third-order valence-corrected chi connectivity index (χ3v) is 4.07. The molecule has 1 N–H and O–H groups in total. The molecule has 2 atom stereocenters. The van der Waals surface area contributed by atoms with Crippen molar-refractivity contribution < 1.29 is 9.84 Å². The number of hydrogen-bond acceptors (Lipinski definition) is 3. The lowest BCUT2D eigenvalue weighted by Crippen LogP contribution is -2.21. The fraction of sp³-hybridized carbons (Fsp3) is 0.389. The Hall–Kier alpha value is -1.71. The molecule has 2 aromatic rings. The second-order valence-electron chi connectivity index (χ2n) is 5.60. The summed E-state index contributed by atoms with van der Waals surface area (Å²) in [5.41, 5.74) is 3.76. The van der Waals surface area contributed by atoms with Gasteiger partial charge in [0.05, 0.1) is 18.8 Å². The van der Waals surface area contributed by atoms with Crippen LogP contribution in [-0.4, -0.2) is 22.8 Å². The van der Waals surface area contributed by atoms with Crippen LogP contribution in [0.1, 0.15) is 35.6 Å². The summed E-state index contributed by atoms with van der Waals surface area (Å²) in [7, 11) is 0. The summed E-state index contributed by atoms with van der Waals surface area (Å²) in [6, 6.07) is 12.4. The average Bonchev–Trinajstić information content (AvgIpc) is 2.54. The van der Waals surface area contributed by atoms with Crippen molar-refractivity contribution in [1.82, 2.24) is 4.98 Å². The van der Waals surface area contributed by atoms with E-state index in [1.54, 1.807) is 6.20 Å². The highest BCUT2D eigenvalue weighted by molar-refractivity contribution is 5.30. The van der Waals surface area contributed by atoms with Gasteiger partial charge in [0.25, 0.3) is 0 Å². The van der Waals surface area contributed by atoms with Gasteiger partial charge in [0.2, 0.25) is 0 Å². The van der Waals surface area contributed by atoms with Crippen molar-refractivity contribution in [3.05, 3.63) is 65.5 Å². The maximum Gasteiger partial charge on any atom is 0.0852 e. The zero-order chi connectivity index (χ0) is 14.5. The van der Waals surface area contributed by atoms with Crippen LogP contribution in [0.25, 0.3) is 0 Å². The van der Waals surface area contributed by atoms with Gasteiger partial charge in [-0.05, 0) is 42.0 Å². The predicted molar refractivity (Wildman–Crippen MR) is 82.0 cm³/mol. The zero-order valence-electron chi connectivity index (χ0n) is 12.1. The number of aliphatic hydroxyl groups is 1. The molecule has 110 valence electrons. The molecule has 1 aliphatic heterocycles. The molecule has 3 rings (SSSR count). The molecule has 3 nitrogen and oxygen atoms in total. The highest BCUT2D eigenvalue weighted by atomic mass is 16.5. The fourth-order valence-electron chi connectivity index (χ4n) is 2.92. The lowest BCUT2D eigenvalue weighted by Gasteiger charge is -2.27.